The van der Waals surface area contributed by atoms with Crippen molar-refractivity contribution < 1.29 is 55.4 Å². The summed E-state index contributed by atoms with van der Waals surface area (Å²) in [6.07, 6.45) is -7.21. The molecule has 3 N–H and O–H groups in total. The molecule has 6 rings (SSSR count). The fourth-order valence-corrected chi connectivity index (χ4v) is 3.72. The number of carbonyl (C=O) groups is 2. The number of aromatic nitrogens is 6. The summed E-state index contributed by atoms with van der Waals surface area (Å²) in [6, 6.07) is -5.76. The van der Waals surface area contributed by atoms with E-state index in [-0.39, 0.29) is 38.4 Å². The van der Waals surface area contributed by atoms with Crippen LogP contribution in [0.1, 0.15) is 74.5 Å². The number of carbonyl (C=O) groups excluding carboxylic acids is 2. The maximum absolute atomic E-state index is 12.9. The number of H-pyrrole nitrogens is 2. The van der Waals surface area contributed by atoms with E-state index in [1.54, 1.807) is 12.2 Å². The molecule has 16 heteroatoms. The number of aromatic amines is 2. The molecule has 50 heavy (non-hydrogen) atoms. The van der Waals surface area contributed by atoms with Crippen molar-refractivity contribution in [2.45, 2.75) is 45.4 Å². The molecule has 2 aliphatic rings. The number of nitrogens with zero attached hydrogens (tertiary/aromatic N) is 9. The molecule has 0 spiro atoms. The van der Waals surface area contributed by atoms with Gasteiger partial charge in [0.2, 0.25) is 0 Å². The number of ether oxygens (including phenoxy) is 1. The maximum atomic E-state index is 12.9. The van der Waals surface area contributed by atoms with Crippen molar-refractivity contribution in [3.63, 3.8) is 0 Å². The van der Waals surface area contributed by atoms with Gasteiger partial charge >= 0.3 is 18.4 Å². The Hall–Kier alpha value is -4.99. The van der Waals surface area contributed by atoms with E-state index in [2.05, 4.69) is 56.7 Å². The number of hydrogen-bond acceptors (Lipinski definition) is 10. The van der Waals surface area contributed by atoms with E-state index >= 15 is 0 Å². The number of likely N-dealkylation sites (tertiary alicyclic amines) is 1. The minimum atomic E-state index is -4.29. The van der Waals surface area contributed by atoms with Crippen molar-refractivity contribution in [3.05, 3.63) is 60.0 Å². The standard InChI is InChI=1S/C16H20N6O.C13H19N5.C5H7NO2.ClH/c1-11-5-7-22(14(23)8-17-2)9-13(11)21(3)16-12-4-6-18-15(12)19-10-20-16;1-9-3-5-14-7-11(9)18(2)13-10-4-6-15-12(10)16-8-17-13;1-3-8-5(7)4-6-2;/h4,6,10-11,13H,5,7-9H2,1,3H3,(H,18,19,20);4,6,8-9,11,14H,3,5,7H2,1-2H3,(H,15,16,17);3-4H2,1H3;1H/t11-,13+;9-,11+;;/m11../s1/i1D3,3D3,5D2,7D2,9D2,10D,11D,13D;1D3,2D3,3D2,5D2,7D2,8D,9D,11D;;/hD. The number of nitrogens with one attached hydrogen (secondary N) is 3. The molecule has 6 heterocycles. The molecule has 0 bridgehead atoms. The first-order valence-corrected chi connectivity index (χ1v) is 13.5. The molecule has 0 aromatic carbocycles. The first-order valence-electron chi connectivity index (χ1n) is 28.9. The van der Waals surface area contributed by atoms with Gasteiger partial charge in [-0.05, 0) is 50.1 Å². The van der Waals surface area contributed by atoms with Crippen LogP contribution in [0.4, 0.5) is 11.6 Å². The van der Waals surface area contributed by atoms with Gasteiger partial charge in [0.05, 0.1) is 28.9 Å². The largest absolute Gasteiger partial charge is 0.460 e. The zero-order chi connectivity index (χ0) is 63.5. The van der Waals surface area contributed by atoms with Gasteiger partial charge in [-0.15, -0.1) is 12.3 Å². The molecule has 0 unspecified atom stereocenters. The Morgan fingerprint density at radius 2 is 1.62 bits per heavy atom. The second-order valence-electron chi connectivity index (χ2n) is 8.91. The fourth-order valence-electron chi connectivity index (χ4n) is 3.72. The summed E-state index contributed by atoms with van der Waals surface area (Å²) in [5, 5.41) is 1.10. The number of amides is 1. The third kappa shape index (κ3) is 9.80. The highest BCUT2D eigenvalue weighted by molar-refractivity contribution is 5.88. The molecule has 15 nitrogen and oxygen atoms in total. The average molecular weight is 738 g/mol. The normalized spacial score (nSPS) is 41.6. The quantitative estimate of drug-likeness (QED) is 0.188. The SMILES string of the molecule is [2H]Cl.[2H]c1nc(N(C([2H])([2H])[2H])[C@@]2([2H])C([2H])([2H])N(C(=O)C[N+]#[C-])C([2H])([2H])C([2H])([2H])[C@@]2([2H])C([2H])([2H])[2H])c2cc[nH]c2n1.[2H]c1nc(N(C([2H])([2H])[2H])[C@@]2([2H])C([2H])([2H])NC([2H])([2H])C([2H])([2H])[C@@]2([2H])C([2H])([2H])[2H])c2cc[nH]c2n1.[C-]#[N+]CC(=O)OCC. The molecule has 1 amide bonds. The van der Waals surface area contributed by atoms with E-state index in [1.807, 2.05) is 0 Å². The summed E-state index contributed by atoms with van der Waals surface area (Å²) < 4.78 is 257. The number of hydrogen-bond donors (Lipinski definition) is 3. The molecule has 4 atom stereocenters. The molecule has 4 aromatic rings. The molecule has 268 valence electrons. The number of likely N-dealkylation sites (N-methyl/N-ethyl adjacent to an activating group) is 2. The van der Waals surface area contributed by atoms with Gasteiger partial charge in [-0.25, -0.2) is 37.9 Å². The van der Waals surface area contributed by atoms with Crippen LogP contribution in [-0.4, -0.2) is 120 Å². The van der Waals surface area contributed by atoms with Crippen LogP contribution < -0.4 is 15.1 Å². The number of halogens is 1. The second-order valence-corrected chi connectivity index (χ2v) is 8.91. The van der Waals surface area contributed by atoms with Gasteiger partial charge in [0.25, 0.3) is 6.54 Å². The van der Waals surface area contributed by atoms with Crippen molar-refractivity contribution in [1.82, 2.24) is 40.1 Å². The predicted molar refractivity (Wildman–Crippen MR) is 196 cm³/mol. The topological polar surface area (TPSA) is 157 Å². The molecular formula is C34H47ClN12O3. The Morgan fingerprint density at radius 3 is 2.18 bits per heavy atom. The van der Waals surface area contributed by atoms with E-state index in [9.17, 15) is 11.0 Å². The summed E-state index contributed by atoms with van der Waals surface area (Å²) >= 11 is 3.89. The smallest absolute Gasteiger partial charge is 0.387 e. The minimum absolute atomic E-state index is 0.116. The number of esters is 1. The fraction of sp³-hybridized carbons (Fsp3) is 0.529. The summed E-state index contributed by atoms with van der Waals surface area (Å²) in [4.78, 5) is 47.5. The molecular weight excluding hydrogens is 660 g/mol. The zero-order valence-electron chi connectivity index (χ0n) is 56.6. The summed E-state index contributed by atoms with van der Waals surface area (Å²) in [5.74, 6) is -12.3. The van der Waals surface area contributed by atoms with Gasteiger partial charge in [0, 0.05) is 84.8 Å². The lowest BCUT2D eigenvalue weighted by atomic mass is 9.92. The average Bonchev–Trinajstić information content (AvgIpc) is 3.97. The summed E-state index contributed by atoms with van der Waals surface area (Å²) in [7, 11) is 0. The first kappa shape index (κ1) is 14.3. The second kappa shape index (κ2) is 19.3. The monoisotopic (exact) mass is 738 g/mol. The Bertz CT molecular complexity index is 3040. The van der Waals surface area contributed by atoms with Crippen molar-refractivity contribution in [3.8, 4) is 0 Å². The molecule has 0 saturated carbocycles. The third-order valence-corrected chi connectivity index (χ3v) is 5.83. The Morgan fingerprint density at radius 1 is 1.02 bits per heavy atom. The highest BCUT2D eigenvalue weighted by Gasteiger charge is 2.33. The van der Waals surface area contributed by atoms with E-state index in [0.29, 0.717) is 6.61 Å². The van der Waals surface area contributed by atoms with Crippen molar-refractivity contribution >= 4 is 57.9 Å². The van der Waals surface area contributed by atoms with Crippen LogP contribution in [-0.2, 0) is 14.3 Å². The Kier molecular flexibility index (Phi) is 5.52. The lowest BCUT2D eigenvalue weighted by Crippen LogP contribution is -2.53. The first-order chi connectivity index (χ1) is 36.3. The van der Waals surface area contributed by atoms with Gasteiger partial charge in [-0.1, -0.05) is 13.7 Å². The highest BCUT2D eigenvalue weighted by atomic mass is 35.5. The van der Waals surface area contributed by atoms with Crippen LogP contribution in [0, 0.1) is 24.9 Å². The van der Waals surface area contributed by atoms with Crippen LogP contribution in [0.5, 0.6) is 0 Å². The van der Waals surface area contributed by atoms with Crippen LogP contribution >= 0.6 is 12.3 Å². The lowest BCUT2D eigenvalue weighted by molar-refractivity contribution is -0.140. The van der Waals surface area contributed by atoms with Crippen molar-refractivity contribution in [1.29, 1.82) is 1.17 Å². The third-order valence-electron chi connectivity index (χ3n) is 5.83. The van der Waals surface area contributed by atoms with Gasteiger partial charge < -0.3 is 44.4 Å². The molecule has 0 aliphatic carbocycles. The van der Waals surface area contributed by atoms with E-state index in [4.69, 9.17) is 54.1 Å². The van der Waals surface area contributed by atoms with Crippen LogP contribution in [0.15, 0.2) is 37.1 Å². The number of piperidine rings is 2. The predicted octanol–water partition coefficient (Wildman–Crippen LogP) is 3.83. The number of rotatable bonds is 7. The number of fused-ring (bicyclic) bond motifs is 2. The summed E-state index contributed by atoms with van der Waals surface area (Å²) in [5.41, 5.74) is -0.326. The molecule has 2 saturated heterocycles. The molecule has 4 aromatic heterocycles. The molecule has 2 fully saturated rings. The highest BCUT2D eigenvalue weighted by Crippen LogP contribution is 2.29. The van der Waals surface area contributed by atoms with Crippen molar-refractivity contribution in [2.24, 2.45) is 11.8 Å². The van der Waals surface area contributed by atoms with Crippen LogP contribution in [0.25, 0.3) is 31.8 Å². The van der Waals surface area contributed by atoms with E-state index < -0.39 is 138 Å². The lowest BCUT2D eigenvalue weighted by Gasteiger charge is -2.41. The zero-order valence-corrected chi connectivity index (χ0v) is 26.3. The van der Waals surface area contributed by atoms with Crippen LogP contribution in [0.3, 0.4) is 0 Å². The van der Waals surface area contributed by atoms with E-state index in [0.717, 1.165) is 6.07 Å². The number of anilines is 2. The van der Waals surface area contributed by atoms with Crippen LogP contribution in [0.2, 0.25) is 0 Å². The molecule has 0 radical (unpaired) electrons. The maximum Gasteiger partial charge on any atom is 0.387 e. The van der Waals surface area contributed by atoms with Gasteiger partial charge in [-0.2, -0.15) is 0 Å². The van der Waals surface area contributed by atoms with Gasteiger partial charge in [-0.3, -0.25) is 4.79 Å². The Balaban J connectivity index is 0.000000367. The molecule has 2 aliphatic heterocycles. The summed E-state index contributed by atoms with van der Waals surface area (Å²) in [6.45, 7) is -16.9. The van der Waals surface area contributed by atoms with Gasteiger partial charge in [0.15, 0.2) is 0 Å². The van der Waals surface area contributed by atoms with Gasteiger partial charge in [0.1, 0.15) is 39.5 Å². The minimum Gasteiger partial charge on any atom is -0.460 e. The Labute approximate surface area is 342 Å². The van der Waals surface area contributed by atoms with E-state index in [1.165, 1.54) is 18.5 Å². The van der Waals surface area contributed by atoms with Crippen molar-refractivity contribution in [2.75, 3.05) is 69.4 Å².